The van der Waals surface area contributed by atoms with Crippen molar-refractivity contribution in [2.24, 2.45) is 0 Å². The van der Waals surface area contributed by atoms with E-state index in [1.54, 1.807) is 0 Å². The Kier molecular flexibility index (Phi) is 4.24. The first-order valence-electron chi connectivity index (χ1n) is 8.47. The Labute approximate surface area is 139 Å². The molecule has 0 amide bonds. The minimum atomic E-state index is 0.0187. The van der Waals surface area contributed by atoms with E-state index in [0.29, 0.717) is 0 Å². The van der Waals surface area contributed by atoms with Crippen LogP contribution < -0.4 is 0 Å². The van der Waals surface area contributed by atoms with Crippen molar-refractivity contribution in [2.45, 2.75) is 59.5 Å². The third kappa shape index (κ3) is 3.61. The molecule has 0 radical (unpaired) electrons. The highest BCUT2D eigenvalue weighted by Crippen LogP contribution is 2.24. The average molecular weight is 309 g/mol. The number of rotatable bonds is 2. The van der Waals surface area contributed by atoms with Crippen LogP contribution in [0, 0.1) is 13.8 Å². The minimum absolute atomic E-state index is 0.0187. The molecule has 2 heterocycles. The summed E-state index contributed by atoms with van der Waals surface area (Å²) in [6.07, 6.45) is 3.06. The molecule has 1 aliphatic rings. The molecule has 0 unspecified atom stereocenters. The summed E-state index contributed by atoms with van der Waals surface area (Å²) in [5, 5.41) is 0. The van der Waals surface area contributed by atoms with Gasteiger partial charge in [0.05, 0.1) is 0 Å². The lowest BCUT2D eigenvalue weighted by molar-refractivity contribution is 0.241. The Bertz CT molecular complexity index is 713. The smallest absolute Gasteiger partial charge is 0.133 e. The van der Waals surface area contributed by atoms with E-state index in [-0.39, 0.29) is 5.41 Å². The van der Waals surface area contributed by atoms with Crippen LogP contribution in [0.15, 0.2) is 24.4 Å². The van der Waals surface area contributed by atoms with Crippen LogP contribution in [0.2, 0.25) is 0 Å². The molecule has 23 heavy (non-hydrogen) atoms. The van der Waals surface area contributed by atoms with Crippen LogP contribution in [-0.4, -0.2) is 21.4 Å². The Morgan fingerprint density at radius 3 is 2.70 bits per heavy atom. The van der Waals surface area contributed by atoms with Gasteiger partial charge in [0.25, 0.3) is 0 Å². The summed E-state index contributed by atoms with van der Waals surface area (Å²) in [4.78, 5) is 11.9. The second kappa shape index (κ2) is 6.04. The Morgan fingerprint density at radius 1 is 1.17 bits per heavy atom. The molecule has 2 aromatic rings. The van der Waals surface area contributed by atoms with Crippen molar-refractivity contribution >= 4 is 0 Å². The number of aryl methyl sites for hydroxylation is 2. The molecule has 3 heteroatoms. The molecule has 122 valence electrons. The van der Waals surface area contributed by atoms with Crippen molar-refractivity contribution in [1.82, 2.24) is 14.9 Å². The molecule has 0 bridgehead atoms. The van der Waals surface area contributed by atoms with Gasteiger partial charge in [0, 0.05) is 48.9 Å². The summed E-state index contributed by atoms with van der Waals surface area (Å²) >= 11 is 0. The van der Waals surface area contributed by atoms with E-state index in [1.807, 2.05) is 6.20 Å². The standard InChI is InChI=1S/C20H27N3/c1-14-6-7-15(2)16(10-14)12-23-9-8-18-17(13-23)11-21-19(22-18)20(3,4)5/h6-7,10-11H,8-9,12-13H2,1-5H3. The van der Waals surface area contributed by atoms with Crippen LogP contribution in [0.25, 0.3) is 0 Å². The number of hydrogen-bond donors (Lipinski definition) is 0. The van der Waals surface area contributed by atoms with Gasteiger partial charge in [-0.15, -0.1) is 0 Å². The highest BCUT2D eigenvalue weighted by Gasteiger charge is 2.23. The third-order valence-corrected chi connectivity index (χ3v) is 4.58. The lowest BCUT2D eigenvalue weighted by Gasteiger charge is -2.29. The minimum Gasteiger partial charge on any atom is -0.294 e. The fourth-order valence-electron chi connectivity index (χ4n) is 3.08. The Morgan fingerprint density at radius 2 is 1.96 bits per heavy atom. The van der Waals surface area contributed by atoms with E-state index >= 15 is 0 Å². The summed E-state index contributed by atoms with van der Waals surface area (Å²) in [7, 11) is 0. The number of aromatic nitrogens is 2. The zero-order chi connectivity index (χ0) is 16.6. The maximum Gasteiger partial charge on any atom is 0.133 e. The number of nitrogens with zero attached hydrogens (tertiary/aromatic N) is 3. The van der Waals surface area contributed by atoms with Crippen molar-refractivity contribution in [3.63, 3.8) is 0 Å². The largest absolute Gasteiger partial charge is 0.294 e. The summed E-state index contributed by atoms with van der Waals surface area (Å²) in [6.45, 7) is 13.9. The van der Waals surface area contributed by atoms with Crippen molar-refractivity contribution < 1.29 is 0 Å². The van der Waals surface area contributed by atoms with Gasteiger partial charge in [-0.05, 0) is 25.0 Å². The van der Waals surface area contributed by atoms with Gasteiger partial charge < -0.3 is 0 Å². The first kappa shape index (κ1) is 16.1. The molecule has 0 spiro atoms. The molecule has 1 aliphatic heterocycles. The van der Waals surface area contributed by atoms with Gasteiger partial charge >= 0.3 is 0 Å². The summed E-state index contributed by atoms with van der Waals surface area (Å²) < 4.78 is 0. The van der Waals surface area contributed by atoms with Gasteiger partial charge in [-0.25, -0.2) is 9.97 Å². The second-order valence-corrected chi connectivity index (χ2v) is 7.81. The molecular weight excluding hydrogens is 282 g/mol. The average Bonchev–Trinajstić information content (AvgIpc) is 2.49. The molecule has 0 N–H and O–H groups in total. The predicted molar refractivity (Wildman–Crippen MR) is 94.5 cm³/mol. The zero-order valence-corrected chi connectivity index (χ0v) is 15.0. The van der Waals surface area contributed by atoms with E-state index in [9.17, 15) is 0 Å². The van der Waals surface area contributed by atoms with Crippen molar-refractivity contribution in [2.75, 3.05) is 6.54 Å². The summed E-state index contributed by atoms with van der Waals surface area (Å²) in [5.41, 5.74) is 6.68. The fraction of sp³-hybridized carbons (Fsp3) is 0.500. The van der Waals surface area contributed by atoms with Crippen molar-refractivity contribution in [3.05, 3.63) is 58.2 Å². The monoisotopic (exact) mass is 309 g/mol. The number of benzene rings is 1. The molecule has 1 aromatic carbocycles. The summed E-state index contributed by atoms with van der Waals surface area (Å²) in [6, 6.07) is 6.72. The van der Waals surface area contributed by atoms with Gasteiger partial charge in [-0.2, -0.15) is 0 Å². The normalized spacial score (nSPS) is 15.5. The molecule has 3 nitrogen and oxygen atoms in total. The van der Waals surface area contributed by atoms with Crippen molar-refractivity contribution in [1.29, 1.82) is 0 Å². The van der Waals surface area contributed by atoms with E-state index in [4.69, 9.17) is 4.98 Å². The van der Waals surface area contributed by atoms with Gasteiger partial charge in [0.2, 0.25) is 0 Å². The first-order chi connectivity index (χ1) is 10.8. The highest BCUT2D eigenvalue weighted by atomic mass is 15.1. The SMILES string of the molecule is Cc1ccc(C)c(CN2CCc3nc(C(C)(C)C)ncc3C2)c1. The lowest BCUT2D eigenvalue weighted by atomic mass is 9.95. The fourth-order valence-corrected chi connectivity index (χ4v) is 3.08. The predicted octanol–water partition coefficient (Wildman–Crippen LogP) is 3.95. The molecule has 0 saturated heterocycles. The van der Waals surface area contributed by atoms with Crippen LogP contribution in [0.5, 0.6) is 0 Å². The van der Waals surface area contributed by atoms with Crippen molar-refractivity contribution in [3.8, 4) is 0 Å². The van der Waals surface area contributed by atoms with Gasteiger partial charge in [-0.1, -0.05) is 44.5 Å². The number of hydrogen-bond acceptors (Lipinski definition) is 3. The van der Waals surface area contributed by atoms with Crippen LogP contribution in [-0.2, 0) is 24.9 Å². The first-order valence-corrected chi connectivity index (χ1v) is 8.47. The summed E-state index contributed by atoms with van der Waals surface area (Å²) in [5.74, 6) is 0.958. The van der Waals surface area contributed by atoms with Crippen LogP contribution in [0.1, 0.15) is 54.5 Å². The molecule has 3 rings (SSSR count). The highest BCUT2D eigenvalue weighted by molar-refractivity contribution is 5.31. The van der Waals surface area contributed by atoms with Gasteiger partial charge in [0.15, 0.2) is 0 Å². The third-order valence-electron chi connectivity index (χ3n) is 4.58. The molecule has 1 aromatic heterocycles. The maximum absolute atomic E-state index is 4.82. The van der Waals surface area contributed by atoms with E-state index in [2.05, 4.69) is 62.7 Å². The second-order valence-electron chi connectivity index (χ2n) is 7.81. The topological polar surface area (TPSA) is 29.0 Å². The Balaban J connectivity index is 1.77. The van der Waals surface area contributed by atoms with Gasteiger partial charge in [0.1, 0.15) is 5.82 Å². The van der Waals surface area contributed by atoms with E-state index < -0.39 is 0 Å². The van der Waals surface area contributed by atoms with E-state index in [1.165, 1.54) is 27.9 Å². The maximum atomic E-state index is 4.82. The van der Waals surface area contributed by atoms with E-state index in [0.717, 1.165) is 31.9 Å². The van der Waals surface area contributed by atoms with Crippen LogP contribution in [0.3, 0.4) is 0 Å². The molecular formula is C20H27N3. The molecule has 0 saturated carbocycles. The van der Waals surface area contributed by atoms with Crippen LogP contribution >= 0.6 is 0 Å². The number of fused-ring (bicyclic) bond motifs is 1. The zero-order valence-electron chi connectivity index (χ0n) is 15.0. The molecule has 0 atom stereocenters. The lowest BCUT2D eigenvalue weighted by Crippen LogP contribution is -2.32. The Hall–Kier alpha value is -1.74. The molecule has 0 aliphatic carbocycles. The van der Waals surface area contributed by atoms with Crippen LogP contribution in [0.4, 0.5) is 0 Å². The quantitative estimate of drug-likeness (QED) is 0.841. The molecule has 0 fully saturated rings. The van der Waals surface area contributed by atoms with Gasteiger partial charge in [-0.3, -0.25) is 4.90 Å².